The molecule has 2 nitrogen and oxygen atoms in total. The Morgan fingerprint density at radius 1 is 1.88 bits per heavy atom. The van der Waals surface area contributed by atoms with Crippen molar-refractivity contribution >= 4 is 6.47 Å². The standard InChI is InChI=1S/C6H9O2/c1-5-3-6(5,2)8-4-7/h5H,3H2,1-2H3. The van der Waals surface area contributed by atoms with E-state index in [0.717, 1.165) is 6.42 Å². The lowest BCUT2D eigenvalue weighted by Crippen LogP contribution is -2.08. The molecule has 0 amide bonds. The normalized spacial score (nSPS) is 43.5. The highest BCUT2D eigenvalue weighted by atomic mass is 16.5. The maximum Gasteiger partial charge on any atom is 0.418 e. The van der Waals surface area contributed by atoms with Gasteiger partial charge in [0.1, 0.15) is 5.60 Å². The minimum Gasteiger partial charge on any atom is -0.451 e. The Balaban J connectivity index is 2.35. The van der Waals surface area contributed by atoms with Crippen molar-refractivity contribution in [2.75, 3.05) is 0 Å². The number of rotatable bonds is 2. The van der Waals surface area contributed by atoms with Crippen LogP contribution in [-0.2, 0) is 9.53 Å². The van der Waals surface area contributed by atoms with E-state index in [1.807, 2.05) is 6.92 Å². The van der Waals surface area contributed by atoms with Gasteiger partial charge in [0.25, 0.3) is 0 Å². The molecule has 2 unspecified atom stereocenters. The molecule has 2 atom stereocenters. The van der Waals surface area contributed by atoms with Crippen molar-refractivity contribution in [2.45, 2.75) is 25.9 Å². The summed E-state index contributed by atoms with van der Waals surface area (Å²) in [6.45, 7) is 5.42. The molecule has 1 aliphatic rings. The van der Waals surface area contributed by atoms with Crippen LogP contribution in [0.5, 0.6) is 0 Å². The van der Waals surface area contributed by atoms with Gasteiger partial charge in [-0.05, 0) is 19.3 Å². The van der Waals surface area contributed by atoms with E-state index in [0.29, 0.717) is 5.92 Å². The molecule has 0 saturated heterocycles. The number of hydrogen-bond acceptors (Lipinski definition) is 2. The molecule has 0 spiro atoms. The molecule has 8 heavy (non-hydrogen) atoms. The molecule has 0 heterocycles. The highest BCUT2D eigenvalue weighted by Gasteiger charge is 2.49. The summed E-state index contributed by atoms with van der Waals surface area (Å²) >= 11 is 0. The van der Waals surface area contributed by atoms with Gasteiger partial charge in [0, 0.05) is 0 Å². The molecule has 0 aromatic carbocycles. The van der Waals surface area contributed by atoms with Crippen LogP contribution >= 0.6 is 0 Å². The summed E-state index contributed by atoms with van der Waals surface area (Å²) < 4.78 is 4.65. The third-order valence-corrected chi connectivity index (χ3v) is 1.87. The van der Waals surface area contributed by atoms with Crippen LogP contribution in [0.3, 0.4) is 0 Å². The average Bonchev–Trinajstić information content (AvgIpc) is 2.16. The summed E-state index contributed by atoms with van der Waals surface area (Å²) in [4.78, 5) is 9.66. The lowest BCUT2D eigenvalue weighted by Gasteiger charge is -2.03. The molecule has 0 aliphatic heterocycles. The number of hydrogen-bond donors (Lipinski definition) is 0. The van der Waals surface area contributed by atoms with Gasteiger partial charge in [-0.2, -0.15) is 0 Å². The van der Waals surface area contributed by atoms with E-state index in [2.05, 4.69) is 11.7 Å². The van der Waals surface area contributed by atoms with Crippen LogP contribution in [0.4, 0.5) is 0 Å². The zero-order chi connectivity index (χ0) is 6.20. The van der Waals surface area contributed by atoms with Crippen molar-refractivity contribution in [1.29, 1.82) is 0 Å². The van der Waals surface area contributed by atoms with Crippen molar-refractivity contribution in [1.82, 2.24) is 0 Å². The Hall–Kier alpha value is -0.530. The van der Waals surface area contributed by atoms with Crippen molar-refractivity contribution < 1.29 is 9.53 Å². The lowest BCUT2D eigenvalue weighted by molar-refractivity contribution is 0.159. The van der Waals surface area contributed by atoms with E-state index in [9.17, 15) is 4.79 Å². The molecule has 2 heteroatoms. The largest absolute Gasteiger partial charge is 0.451 e. The Morgan fingerprint density at radius 2 is 2.38 bits per heavy atom. The smallest absolute Gasteiger partial charge is 0.418 e. The van der Waals surface area contributed by atoms with Gasteiger partial charge in [-0.3, -0.25) is 0 Å². The molecule has 1 rings (SSSR count). The van der Waals surface area contributed by atoms with Crippen LogP contribution in [-0.4, -0.2) is 12.1 Å². The van der Waals surface area contributed by atoms with Crippen LogP contribution in [0.1, 0.15) is 20.3 Å². The number of carbonyl (C=O) groups excluding carboxylic acids is 1. The molecule has 0 bridgehead atoms. The molecule has 0 aromatic rings. The third-order valence-electron chi connectivity index (χ3n) is 1.87. The molecular formula is C6H9O2. The quantitative estimate of drug-likeness (QED) is 0.531. The van der Waals surface area contributed by atoms with Crippen LogP contribution in [0.25, 0.3) is 0 Å². The molecule has 1 aliphatic carbocycles. The Kier molecular flexibility index (Phi) is 1.03. The minimum absolute atomic E-state index is 0.165. The summed E-state index contributed by atoms with van der Waals surface area (Å²) in [6, 6.07) is 0. The van der Waals surface area contributed by atoms with E-state index in [1.165, 1.54) is 6.47 Å². The van der Waals surface area contributed by atoms with Gasteiger partial charge < -0.3 is 4.74 Å². The van der Waals surface area contributed by atoms with E-state index in [-0.39, 0.29) is 5.60 Å². The van der Waals surface area contributed by atoms with E-state index in [4.69, 9.17) is 0 Å². The first kappa shape index (κ1) is 5.60. The molecular weight excluding hydrogens is 104 g/mol. The van der Waals surface area contributed by atoms with Gasteiger partial charge in [-0.25, -0.2) is 4.79 Å². The van der Waals surface area contributed by atoms with E-state index < -0.39 is 0 Å². The monoisotopic (exact) mass is 113 g/mol. The Labute approximate surface area is 48.8 Å². The summed E-state index contributed by atoms with van der Waals surface area (Å²) in [5, 5.41) is 0. The molecule has 0 aromatic heterocycles. The van der Waals surface area contributed by atoms with Crippen LogP contribution < -0.4 is 0 Å². The zero-order valence-corrected chi connectivity index (χ0v) is 5.10. The Morgan fingerprint density at radius 3 is 2.50 bits per heavy atom. The van der Waals surface area contributed by atoms with Crippen LogP contribution in [0.15, 0.2) is 0 Å². The summed E-state index contributed by atoms with van der Waals surface area (Å²) in [5.41, 5.74) is -0.165. The number of ether oxygens (including phenoxy) is 1. The summed E-state index contributed by atoms with van der Waals surface area (Å²) in [6.07, 6.45) is 0.988. The van der Waals surface area contributed by atoms with Gasteiger partial charge in [0.2, 0.25) is 0 Å². The first-order valence-corrected chi connectivity index (χ1v) is 2.74. The topological polar surface area (TPSA) is 26.3 Å². The van der Waals surface area contributed by atoms with Gasteiger partial charge in [0.15, 0.2) is 0 Å². The highest BCUT2D eigenvalue weighted by Crippen LogP contribution is 2.45. The molecule has 1 fully saturated rings. The lowest BCUT2D eigenvalue weighted by atomic mass is 10.3. The third kappa shape index (κ3) is 0.703. The van der Waals surface area contributed by atoms with Gasteiger partial charge in [-0.15, -0.1) is 0 Å². The van der Waals surface area contributed by atoms with Crippen molar-refractivity contribution in [3.8, 4) is 0 Å². The van der Waals surface area contributed by atoms with Crippen molar-refractivity contribution in [2.24, 2.45) is 5.92 Å². The summed E-state index contributed by atoms with van der Waals surface area (Å²) in [5.74, 6) is 0.531. The maximum atomic E-state index is 9.66. The maximum absolute atomic E-state index is 9.66. The predicted molar refractivity (Wildman–Crippen MR) is 29.0 cm³/mol. The zero-order valence-electron chi connectivity index (χ0n) is 5.10. The molecule has 0 N–H and O–H groups in total. The average molecular weight is 113 g/mol. The second-order valence-corrected chi connectivity index (χ2v) is 2.60. The SMILES string of the molecule is CC1CC1(C)O[C]=O. The Bertz CT molecular complexity index is 111. The van der Waals surface area contributed by atoms with Gasteiger partial charge in [0.05, 0.1) is 0 Å². The summed E-state index contributed by atoms with van der Waals surface area (Å²) in [7, 11) is 0. The second kappa shape index (κ2) is 1.47. The van der Waals surface area contributed by atoms with Crippen LogP contribution in [0.2, 0.25) is 0 Å². The fourth-order valence-corrected chi connectivity index (χ4v) is 0.786. The van der Waals surface area contributed by atoms with Crippen molar-refractivity contribution in [3.63, 3.8) is 0 Å². The van der Waals surface area contributed by atoms with E-state index in [1.54, 1.807) is 0 Å². The first-order valence-electron chi connectivity index (χ1n) is 2.74. The molecule has 45 valence electrons. The minimum atomic E-state index is -0.165. The molecule has 1 radical (unpaired) electrons. The van der Waals surface area contributed by atoms with E-state index >= 15 is 0 Å². The highest BCUT2D eigenvalue weighted by molar-refractivity contribution is 5.40. The van der Waals surface area contributed by atoms with Crippen LogP contribution in [0, 0.1) is 5.92 Å². The molecule has 1 saturated carbocycles. The first-order chi connectivity index (χ1) is 3.69. The second-order valence-electron chi connectivity index (χ2n) is 2.60. The van der Waals surface area contributed by atoms with Crippen molar-refractivity contribution in [3.05, 3.63) is 0 Å². The fourth-order valence-electron chi connectivity index (χ4n) is 0.786. The predicted octanol–water partition coefficient (Wildman–Crippen LogP) is 0.869. The van der Waals surface area contributed by atoms with Gasteiger partial charge in [-0.1, -0.05) is 6.92 Å². The van der Waals surface area contributed by atoms with Gasteiger partial charge >= 0.3 is 6.47 Å². The fraction of sp³-hybridized carbons (Fsp3) is 0.833.